The molecule has 21 heavy (non-hydrogen) atoms. The molecule has 4 nitrogen and oxygen atoms in total. The minimum Gasteiger partial charge on any atom is -0.345 e. The predicted octanol–water partition coefficient (Wildman–Crippen LogP) is 2.78. The van der Waals surface area contributed by atoms with Crippen molar-refractivity contribution in [3.05, 3.63) is 23.0 Å². The van der Waals surface area contributed by atoms with Crippen LogP contribution in [0, 0.1) is 13.8 Å². The summed E-state index contributed by atoms with van der Waals surface area (Å²) in [6.45, 7) is 5.73. The number of nitrogens with two attached hydrogens (primary N) is 1. The normalized spacial score (nSPS) is 23.8. The van der Waals surface area contributed by atoms with Crippen LogP contribution in [0.2, 0.25) is 0 Å². The summed E-state index contributed by atoms with van der Waals surface area (Å²) in [7, 11) is 0. The van der Waals surface area contributed by atoms with Gasteiger partial charge in [0.25, 0.3) is 5.91 Å². The van der Waals surface area contributed by atoms with Gasteiger partial charge in [0.1, 0.15) is 0 Å². The lowest BCUT2D eigenvalue weighted by atomic mass is 9.95. The monoisotopic (exact) mass is 289 g/mol. The predicted molar refractivity (Wildman–Crippen MR) is 84.5 cm³/mol. The molecule has 0 spiro atoms. The first-order valence-electron chi connectivity index (χ1n) is 8.31. The van der Waals surface area contributed by atoms with Gasteiger partial charge in [-0.1, -0.05) is 19.3 Å². The molecule has 1 atom stereocenters. The molecule has 1 aromatic heterocycles. The molecule has 1 amide bonds. The first kappa shape index (κ1) is 14.6. The van der Waals surface area contributed by atoms with Gasteiger partial charge in [-0.15, -0.1) is 0 Å². The fourth-order valence-corrected chi connectivity index (χ4v) is 4.04. The molecule has 2 N–H and O–H groups in total. The lowest BCUT2D eigenvalue weighted by Crippen LogP contribution is -2.32. The van der Waals surface area contributed by atoms with Gasteiger partial charge in [-0.25, -0.2) is 0 Å². The average molecular weight is 289 g/mol. The van der Waals surface area contributed by atoms with E-state index in [1.807, 2.05) is 4.90 Å². The molecule has 2 fully saturated rings. The molecule has 4 heteroatoms. The van der Waals surface area contributed by atoms with Crippen molar-refractivity contribution in [2.24, 2.45) is 5.73 Å². The van der Waals surface area contributed by atoms with Crippen molar-refractivity contribution in [2.45, 2.75) is 64.5 Å². The average Bonchev–Trinajstić information content (AvgIpc) is 3.03. The third-order valence-corrected chi connectivity index (χ3v) is 5.17. The standard InChI is InChI=1S/C17H27N3O/c1-12-10-16(17(21)19-9-8-14(18)11-19)13(2)20(12)15-6-4-3-5-7-15/h10,14-15H,3-9,11,18H2,1-2H3/t14-/m0/s1. The van der Waals surface area contributed by atoms with E-state index >= 15 is 0 Å². The van der Waals surface area contributed by atoms with Gasteiger partial charge in [0, 0.05) is 36.6 Å². The Morgan fingerprint density at radius 2 is 1.90 bits per heavy atom. The van der Waals surface area contributed by atoms with E-state index in [1.165, 1.54) is 37.8 Å². The van der Waals surface area contributed by atoms with Gasteiger partial charge in [-0.3, -0.25) is 4.79 Å². The summed E-state index contributed by atoms with van der Waals surface area (Å²) < 4.78 is 2.41. The maximum Gasteiger partial charge on any atom is 0.255 e. The van der Waals surface area contributed by atoms with Gasteiger partial charge < -0.3 is 15.2 Å². The van der Waals surface area contributed by atoms with E-state index in [-0.39, 0.29) is 11.9 Å². The van der Waals surface area contributed by atoms with Gasteiger partial charge >= 0.3 is 0 Å². The fraction of sp³-hybridized carbons (Fsp3) is 0.706. The molecule has 1 aliphatic heterocycles. The van der Waals surface area contributed by atoms with Crippen LogP contribution >= 0.6 is 0 Å². The Morgan fingerprint density at radius 3 is 2.52 bits per heavy atom. The number of aromatic nitrogens is 1. The maximum absolute atomic E-state index is 12.7. The van der Waals surface area contributed by atoms with Crippen molar-refractivity contribution >= 4 is 5.91 Å². The Hall–Kier alpha value is -1.29. The number of carbonyl (C=O) groups is 1. The lowest BCUT2D eigenvalue weighted by Gasteiger charge is -2.26. The molecule has 0 bridgehead atoms. The van der Waals surface area contributed by atoms with E-state index in [0.29, 0.717) is 12.6 Å². The molecule has 0 radical (unpaired) electrons. The molecule has 0 unspecified atom stereocenters. The first-order valence-corrected chi connectivity index (χ1v) is 8.31. The van der Waals surface area contributed by atoms with Crippen LogP contribution in [0.4, 0.5) is 0 Å². The zero-order valence-corrected chi connectivity index (χ0v) is 13.3. The first-order chi connectivity index (χ1) is 10.1. The quantitative estimate of drug-likeness (QED) is 0.910. The van der Waals surface area contributed by atoms with Gasteiger partial charge in [0.2, 0.25) is 0 Å². The van der Waals surface area contributed by atoms with Gasteiger partial charge in [-0.2, -0.15) is 0 Å². The summed E-state index contributed by atoms with van der Waals surface area (Å²) >= 11 is 0. The van der Waals surface area contributed by atoms with E-state index in [9.17, 15) is 4.79 Å². The van der Waals surface area contributed by atoms with Crippen LogP contribution in [-0.4, -0.2) is 34.5 Å². The Bertz CT molecular complexity index is 528. The summed E-state index contributed by atoms with van der Waals surface area (Å²) in [6.07, 6.45) is 7.40. The van der Waals surface area contributed by atoms with E-state index < -0.39 is 0 Å². The smallest absolute Gasteiger partial charge is 0.255 e. The summed E-state index contributed by atoms with van der Waals surface area (Å²) in [5, 5.41) is 0. The Labute approximate surface area is 127 Å². The van der Waals surface area contributed by atoms with Crippen molar-refractivity contribution in [1.82, 2.24) is 9.47 Å². The van der Waals surface area contributed by atoms with Crippen LogP contribution in [0.25, 0.3) is 0 Å². The molecule has 1 aliphatic carbocycles. The van der Waals surface area contributed by atoms with Gasteiger partial charge in [0.05, 0.1) is 5.56 Å². The minimum atomic E-state index is 0.149. The number of nitrogens with zero attached hydrogens (tertiary/aromatic N) is 2. The van der Waals surface area contributed by atoms with E-state index in [0.717, 1.165) is 24.2 Å². The summed E-state index contributed by atoms with van der Waals surface area (Å²) in [5.74, 6) is 0.165. The second-order valence-electron chi connectivity index (χ2n) is 6.75. The van der Waals surface area contributed by atoms with E-state index in [4.69, 9.17) is 5.73 Å². The summed E-state index contributed by atoms with van der Waals surface area (Å²) in [6, 6.07) is 2.81. The van der Waals surface area contributed by atoms with Crippen molar-refractivity contribution in [3.8, 4) is 0 Å². The molecule has 2 aliphatic rings. The number of aryl methyl sites for hydroxylation is 1. The Morgan fingerprint density at radius 1 is 1.19 bits per heavy atom. The third-order valence-electron chi connectivity index (χ3n) is 5.17. The zero-order valence-electron chi connectivity index (χ0n) is 13.3. The highest BCUT2D eigenvalue weighted by atomic mass is 16.2. The highest BCUT2D eigenvalue weighted by Gasteiger charge is 2.28. The van der Waals surface area contributed by atoms with Crippen molar-refractivity contribution < 1.29 is 4.79 Å². The number of hydrogen-bond donors (Lipinski definition) is 1. The van der Waals surface area contributed by atoms with Gasteiger partial charge in [-0.05, 0) is 39.2 Å². The number of hydrogen-bond acceptors (Lipinski definition) is 2. The number of likely N-dealkylation sites (tertiary alicyclic amines) is 1. The van der Waals surface area contributed by atoms with E-state index in [1.54, 1.807) is 0 Å². The minimum absolute atomic E-state index is 0.149. The molecular weight excluding hydrogens is 262 g/mol. The van der Waals surface area contributed by atoms with Crippen LogP contribution in [0.15, 0.2) is 6.07 Å². The molecule has 0 aromatic carbocycles. The van der Waals surface area contributed by atoms with Crippen LogP contribution in [0.3, 0.4) is 0 Å². The number of amides is 1. The third kappa shape index (κ3) is 2.73. The number of rotatable bonds is 2. The van der Waals surface area contributed by atoms with Crippen LogP contribution < -0.4 is 5.73 Å². The maximum atomic E-state index is 12.7. The highest BCUT2D eigenvalue weighted by Crippen LogP contribution is 2.32. The largest absolute Gasteiger partial charge is 0.345 e. The van der Waals surface area contributed by atoms with Crippen molar-refractivity contribution in [3.63, 3.8) is 0 Å². The zero-order chi connectivity index (χ0) is 15.0. The molecular formula is C17H27N3O. The van der Waals surface area contributed by atoms with Crippen molar-refractivity contribution in [1.29, 1.82) is 0 Å². The molecule has 116 valence electrons. The van der Waals surface area contributed by atoms with Crippen LogP contribution in [0.5, 0.6) is 0 Å². The number of carbonyl (C=O) groups excluding carboxylic acids is 1. The molecule has 1 saturated heterocycles. The van der Waals surface area contributed by atoms with Gasteiger partial charge in [0.15, 0.2) is 0 Å². The van der Waals surface area contributed by atoms with E-state index in [2.05, 4.69) is 24.5 Å². The fourth-order valence-electron chi connectivity index (χ4n) is 4.04. The highest BCUT2D eigenvalue weighted by molar-refractivity contribution is 5.96. The second-order valence-corrected chi connectivity index (χ2v) is 6.75. The van der Waals surface area contributed by atoms with Crippen LogP contribution in [-0.2, 0) is 0 Å². The van der Waals surface area contributed by atoms with Crippen LogP contribution in [0.1, 0.15) is 66.3 Å². The molecule has 1 saturated carbocycles. The molecule has 1 aromatic rings. The summed E-state index contributed by atoms with van der Waals surface area (Å²) in [5.41, 5.74) is 9.19. The molecule has 2 heterocycles. The summed E-state index contributed by atoms with van der Waals surface area (Å²) in [4.78, 5) is 14.6. The van der Waals surface area contributed by atoms with Crippen molar-refractivity contribution in [2.75, 3.05) is 13.1 Å². The SMILES string of the molecule is Cc1cc(C(=O)N2CC[C@H](N)C2)c(C)n1C1CCCCC1. The molecule has 3 rings (SSSR count). The Kier molecular flexibility index (Phi) is 4.07. The lowest BCUT2D eigenvalue weighted by molar-refractivity contribution is 0.0790. The second kappa shape index (κ2) is 5.84. The topological polar surface area (TPSA) is 51.3 Å². The Balaban J connectivity index is 1.85.